The van der Waals surface area contributed by atoms with Gasteiger partial charge in [0.1, 0.15) is 17.5 Å². The topological polar surface area (TPSA) is 42.9 Å². The number of aryl methyl sites for hydroxylation is 1. The number of nitrogens with zero attached hydrogens (tertiary/aromatic N) is 3. The number of hydrogen-bond donors (Lipinski definition) is 2. The van der Waals surface area contributed by atoms with Crippen LogP contribution in [0.3, 0.4) is 0 Å². The Hall–Kier alpha value is -2.44. The van der Waals surface area contributed by atoms with E-state index in [9.17, 15) is 4.39 Å². The zero-order chi connectivity index (χ0) is 22.4. The van der Waals surface area contributed by atoms with Crippen LogP contribution in [0.4, 0.5) is 4.39 Å². The number of nitrogens with one attached hydrogen (secondary N) is 2. The fourth-order valence-corrected chi connectivity index (χ4v) is 4.12. The van der Waals surface area contributed by atoms with Gasteiger partial charge in [0, 0.05) is 43.0 Å². The van der Waals surface area contributed by atoms with Crippen molar-refractivity contribution >= 4 is 11.4 Å². The van der Waals surface area contributed by atoms with Gasteiger partial charge in [-0.3, -0.25) is 9.89 Å². The molecular formula is C25H36FN5. The number of benzene rings is 1. The minimum absolute atomic E-state index is 0.126. The molecule has 0 radical (unpaired) electrons. The summed E-state index contributed by atoms with van der Waals surface area (Å²) >= 11 is 0. The van der Waals surface area contributed by atoms with Gasteiger partial charge in [0.25, 0.3) is 0 Å². The van der Waals surface area contributed by atoms with Crippen molar-refractivity contribution in [3.8, 4) is 0 Å². The molecule has 0 saturated carbocycles. The van der Waals surface area contributed by atoms with Gasteiger partial charge < -0.3 is 15.5 Å². The zero-order valence-electron chi connectivity index (χ0n) is 19.3. The van der Waals surface area contributed by atoms with E-state index in [-0.39, 0.29) is 11.4 Å². The smallest absolute Gasteiger partial charge is 0.131 e. The highest BCUT2D eigenvalue weighted by Crippen LogP contribution is 2.26. The SMILES string of the molecule is C=C/C(=C1/NC(=NCCN2CCCNC(C)(C)C2)C=CN1C)c1cc(CC)ccc1F. The number of rotatable bonds is 6. The number of hydrogen-bond acceptors (Lipinski definition) is 4. The lowest BCUT2D eigenvalue weighted by molar-refractivity contribution is 0.237. The van der Waals surface area contributed by atoms with Crippen LogP contribution in [0, 0.1) is 5.82 Å². The Labute approximate surface area is 186 Å². The lowest BCUT2D eigenvalue weighted by Crippen LogP contribution is -2.46. The summed E-state index contributed by atoms with van der Waals surface area (Å²) in [6.45, 7) is 15.3. The highest BCUT2D eigenvalue weighted by molar-refractivity contribution is 5.96. The Balaban J connectivity index is 1.77. The van der Waals surface area contributed by atoms with Gasteiger partial charge in [0.05, 0.1) is 6.54 Å². The van der Waals surface area contributed by atoms with Gasteiger partial charge >= 0.3 is 0 Å². The average Bonchev–Trinajstić information content (AvgIpc) is 2.91. The van der Waals surface area contributed by atoms with Gasteiger partial charge in [0.2, 0.25) is 0 Å². The molecule has 0 bridgehead atoms. The third-order valence-corrected chi connectivity index (χ3v) is 5.82. The molecule has 0 atom stereocenters. The van der Waals surface area contributed by atoms with E-state index in [1.54, 1.807) is 6.08 Å². The van der Waals surface area contributed by atoms with E-state index >= 15 is 0 Å². The zero-order valence-corrected chi connectivity index (χ0v) is 19.3. The monoisotopic (exact) mass is 425 g/mol. The van der Waals surface area contributed by atoms with Gasteiger partial charge in [0.15, 0.2) is 0 Å². The van der Waals surface area contributed by atoms with Gasteiger partial charge in [-0.2, -0.15) is 0 Å². The van der Waals surface area contributed by atoms with Gasteiger partial charge in [-0.1, -0.05) is 25.6 Å². The first-order valence-corrected chi connectivity index (χ1v) is 11.2. The van der Waals surface area contributed by atoms with E-state index in [0.717, 1.165) is 61.8 Å². The Morgan fingerprint density at radius 3 is 2.90 bits per heavy atom. The van der Waals surface area contributed by atoms with Crippen molar-refractivity contribution < 1.29 is 4.39 Å². The minimum atomic E-state index is -0.250. The van der Waals surface area contributed by atoms with Crippen molar-refractivity contribution in [3.63, 3.8) is 0 Å². The largest absolute Gasteiger partial charge is 0.337 e. The molecule has 2 N–H and O–H groups in total. The second kappa shape index (κ2) is 10.2. The first-order chi connectivity index (χ1) is 14.8. The molecule has 2 heterocycles. The fraction of sp³-hybridized carbons (Fsp3) is 0.480. The summed E-state index contributed by atoms with van der Waals surface area (Å²) in [5, 5.41) is 6.98. The first-order valence-electron chi connectivity index (χ1n) is 11.2. The molecule has 3 rings (SSSR count). The Morgan fingerprint density at radius 2 is 2.16 bits per heavy atom. The van der Waals surface area contributed by atoms with Gasteiger partial charge in [-0.05, 0) is 63.6 Å². The molecule has 0 spiro atoms. The predicted molar refractivity (Wildman–Crippen MR) is 128 cm³/mol. The summed E-state index contributed by atoms with van der Waals surface area (Å²) in [5.41, 5.74) is 2.50. The maximum absolute atomic E-state index is 14.6. The highest BCUT2D eigenvalue weighted by Gasteiger charge is 2.23. The third kappa shape index (κ3) is 6.05. The van der Waals surface area contributed by atoms with E-state index in [0.29, 0.717) is 12.1 Å². The summed E-state index contributed by atoms with van der Waals surface area (Å²) in [6, 6.07) is 5.26. The average molecular weight is 426 g/mol. The lowest BCUT2D eigenvalue weighted by Gasteiger charge is -2.30. The number of amidine groups is 1. The third-order valence-electron chi connectivity index (χ3n) is 5.82. The van der Waals surface area contributed by atoms with Crippen molar-refractivity contribution in [2.24, 2.45) is 4.99 Å². The highest BCUT2D eigenvalue weighted by atomic mass is 19.1. The summed E-state index contributed by atoms with van der Waals surface area (Å²) in [6.07, 6.45) is 7.62. The molecule has 1 aromatic carbocycles. The Bertz CT molecular complexity index is 884. The summed E-state index contributed by atoms with van der Waals surface area (Å²) in [7, 11) is 1.94. The lowest BCUT2D eigenvalue weighted by atomic mass is 10.0. The molecule has 6 heteroatoms. The molecule has 1 saturated heterocycles. The van der Waals surface area contributed by atoms with Crippen LogP contribution in [-0.2, 0) is 6.42 Å². The van der Waals surface area contributed by atoms with Crippen molar-refractivity contribution in [2.45, 2.75) is 39.2 Å². The normalized spacial score (nSPS) is 22.2. The van der Waals surface area contributed by atoms with Crippen LogP contribution >= 0.6 is 0 Å². The van der Waals surface area contributed by atoms with E-state index in [4.69, 9.17) is 4.99 Å². The number of halogens is 1. The Morgan fingerprint density at radius 1 is 1.35 bits per heavy atom. The minimum Gasteiger partial charge on any atom is -0.337 e. The van der Waals surface area contributed by atoms with Crippen LogP contribution in [0.25, 0.3) is 5.57 Å². The molecule has 0 aliphatic carbocycles. The second-order valence-electron chi connectivity index (χ2n) is 8.89. The summed E-state index contributed by atoms with van der Waals surface area (Å²) in [5.74, 6) is 1.32. The molecule has 1 aromatic rings. The van der Waals surface area contributed by atoms with E-state index in [1.807, 2.05) is 36.4 Å². The van der Waals surface area contributed by atoms with E-state index in [1.165, 1.54) is 6.07 Å². The maximum Gasteiger partial charge on any atom is 0.131 e. The van der Waals surface area contributed by atoms with Crippen LogP contribution < -0.4 is 10.6 Å². The van der Waals surface area contributed by atoms with Crippen LogP contribution in [0.15, 0.2) is 53.9 Å². The molecule has 5 nitrogen and oxygen atoms in total. The van der Waals surface area contributed by atoms with Crippen molar-refractivity contribution in [2.75, 3.05) is 39.8 Å². The predicted octanol–water partition coefficient (Wildman–Crippen LogP) is 3.76. The van der Waals surface area contributed by atoms with Crippen molar-refractivity contribution in [1.82, 2.24) is 20.4 Å². The molecular weight excluding hydrogens is 389 g/mol. The second-order valence-corrected chi connectivity index (χ2v) is 8.89. The maximum atomic E-state index is 14.6. The fourth-order valence-electron chi connectivity index (χ4n) is 4.12. The van der Waals surface area contributed by atoms with Crippen LogP contribution in [0.2, 0.25) is 0 Å². The van der Waals surface area contributed by atoms with Crippen molar-refractivity contribution in [1.29, 1.82) is 0 Å². The van der Waals surface area contributed by atoms with Gasteiger partial charge in [-0.25, -0.2) is 4.39 Å². The quantitative estimate of drug-likeness (QED) is 0.728. The van der Waals surface area contributed by atoms with Crippen LogP contribution in [0.1, 0.15) is 38.3 Å². The number of allylic oxidation sites excluding steroid dienone is 2. The first kappa shape index (κ1) is 23.2. The molecule has 168 valence electrons. The molecule has 1 fully saturated rings. The van der Waals surface area contributed by atoms with Crippen LogP contribution in [0.5, 0.6) is 0 Å². The van der Waals surface area contributed by atoms with Crippen molar-refractivity contribution in [3.05, 3.63) is 65.9 Å². The molecule has 31 heavy (non-hydrogen) atoms. The Kier molecular flexibility index (Phi) is 7.68. The summed E-state index contributed by atoms with van der Waals surface area (Å²) < 4.78 is 14.6. The van der Waals surface area contributed by atoms with E-state index in [2.05, 4.69) is 42.9 Å². The molecule has 0 unspecified atom stereocenters. The molecule has 0 amide bonds. The van der Waals surface area contributed by atoms with Gasteiger partial charge in [-0.15, -0.1) is 0 Å². The summed E-state index contributed by atoms with van der Waals surface area (Å²) in [4.78, 5) is 9.19. The van der Waals surface area contributed by atoms with E-state index < -0.39 is 0 Å². The molecule has 2 aliphatic rings. The molecule has 0 aromatic heterocycles. The number of aliphatic imine (C=N–C) groups is 1. The standard InChI is InChI=1S/C25H36FN5/c1-6-19-9-10-22(26)21(17-19)20(7-2)24-29-23(11-15-30(24)5)27-13-16-31-14-8-12-28-25(3,4)18-31/h7,9-11,15,17,28H,2,6,8,12-14,16,18H2,1,3-5H3,(H,27,29)/b24-20+. The van der Waals surface area contributed by atoms with Crippen LogP contribution in [-0.4, -0.2) is 60.9 Å². The molecule has 2 aliphatic heterocycles.